The third-order valence-electron chi connectivity index (χ3n) is 2.77. The molecule has 1 aromatic carbocycles. The first-order valence-corrected chi connectivity index (χ1v) is 5.22. The van der Waals surface area contributed by atoms with Gasteiger partial charge in [0, 0.05) is 6.07 Å². The molecule has 0 amide bonds. The van der Waals surface area contributed by atoms with Gasteiger partial charge in [0.05, 0.1) is 12.7 Å². The quantitative estimate of drug-likeness (QED) is 0.793. The van der Waals surface area contributed by atoms with E-state index in [-0.39, 0.29) is 18.3 Å². The fraction of sp³-hybridized carbons (Fsp3) is 0.364. The van der Waals surface area contributed by atoms with Gasteiger partial charge in [-0.15, -0.1) is 0 Å². The van der Waals surface area contributed by atoms with Gasteiger partial charge in [-0.05, 0) is 6.07 Å². The number of aromatic hydroxyl groups is 1. The SMILES string of the molecule is COC(=O)[C@](O)(c1cc2c(cc1O)OCO2)C(F)(F)F. The van der Waals surface area contributed by atoms with Crippen molar-refractivity contribution in [2.75, 3.05) is 13.9 Å². The molecular formula is C11H9F3O6. The predicted octanol–water partition coefficient (Wildman–Crippen LogP) is 1.04. The second kappa shape index (κ2) is 4.44. The van der Waals surface area contributed by atoms with E-state index < -0.39 is 29.1 Å². The largest absolute Gasteiger partial charge is 0.507 e. The van der Waals surface area contributed by atoms with Crippen molar-refractivity contribution in [2.24, 2.45) is 0 Å². The summed E-state index contributed by atoms with van der Waals surface area (Å²) in [4.78, 5) is 11.4. The van der Waals surface area contributed by atoms with E-state index in [0.29, 0.717) is 13.2 Å². The van der Waals surface area contributed by atoms with Gasteiger partial charge in [-0.2, -0.15) is 13.2 Å². The zero-order valence-electron chi connectivity index (χ0n) is 10.0. The molecule has 0 bridgehead atoms. The maximum Gasteiger partial charge on any atom is 0.432 e. The highest BCUT2D eigenvalue weighted by atomic mass is 19.4. The smallest absolute Gasteiger partial charge is 0.432 e. The van der Waals surface area contributed by atoms with Crippen molar-refractivity contribution < 1.29 is 42.4 Å². The van der Waals surface area contributed by atoms with E-state index in [2.05, 4.69) is 4.74 Å². The van der Waals surface area contributed by atoms with Gasteiger partial charge < -0.3 is 24.4 Å². The van der Waals surface area contributed by atoms with Gasteiger partial charge in [0.15, 0.2) is 11.5 Å². The van der Waals surface area contributed by atoms with Crippen LogP contribution in [-0.4, -0.2) is 36.3 Å². The van der Waals surface area contributed by atoms with E-state index >= 15 is 0 Å². The van der Waals surface area contributed by atoms with E-state index in [0.717, 1.165) is 6.07 Å². The fourth-order valence-corrected chi connectivity index (χ4v) is 1.75. The highest BCUT2D eigenvalue weighted by Crippen LogP contribution is 2.47. The van der Waals surface area contributed by atoms with Crippen molar-refractivity contribution in [1.82, 2.24) is 0 Å². The Morgan fingerprint density at radius 3 is 2.35 bits per heavy atom. The summed E-state index contributed by atoms with van der Waals surface area (Å²) in [5.41, 5.74) is -5.10. The van der Waals surface area contributed by atoms with Crippen molar-refractivity contribution >= 4 is 5.97 Å². The first-order valence-electron chi connectivity index (χ1n) is 5.22. The molecule has 0 spiro atoms. The van der Waals surface area contributed by atoms with Crippen molar-refractivity contribution in [3.05, 3.63) is 17.7 Å². The molecule has 6 nitrogen and oxygen atoms in total. The number of ether oxygens (including phenoxy) is 3. The van der Waals surface area contributed by atoms with Crippen LogP contribution in [0.3, 0.4) is 0 Å². The molecule has 20 heavy (non-hydrogen) atoms. The molecule has 1 aromatic rings. The third-order valence-corrected chi connectivity index (χ3v) is 2.77. The molecule has 1 atom stereocenters. The van der Waals surface area contributed by atoms with Gasteiger partial charge >= 0.3 is 12.1 Å². The number of carbonyl (C=O) groups is 1. The zero-order chi connectivity index (χ0) is 15.1. The Hall–Kier alpha value is -2.16. The number of hydrogen-bond donors (Lipinski definition) is 2. The molecule has 0 unspecified atom stereocenters. The van der Waals surface area contributed by atoms with Crippen molar-refractivity contribution in [3.8, 4) is 17.2 Å². The number of fused-ring (bicyclic) bond motifs is 1. The molecule has 1 aliphatic rings. The lowest BCUT2D eigenvalue weighted by Gasteiger charge is -2.28. The van der Waals surface area contributed by atoms with Crippen LogP contribution in [0.2, 0.25) is 0 Å². The molecule has 0 aliphatic carbocycles. The van der Waals surface area contributed by atoms with Crippen LogP contribution in [0.4, 0.5) is 13.2 Å². The molecule has 0 saturated heterocycles. The zero-order valence-corrected chi connectivity index (χ0v) is 10.0. The van der Waals surface area contributed by atoms with Gasteiger partial charge in [0.1, 0.15) is 5.75 Å². The number of hydrogen-bond acceptors (Lipinski definition) is 6. The van der Waals surface area contributed by atoms with Gasteiger partial charge in [-0.3, -0.25) is 0 Å². The summed E-state index contributed by atoms with van der Waals surface area (Å²) in [5, 5.41) is 19.4. The molecule has 0 fully saturated rings. The van der Waals surface area contributed by atoms with Gasteiger partial charge in [0.2, 0.25) is 6.79 Å². The lowest BCUT2D eigenvalue weighted by molar-refractivity contribution is -0.267. The third kappa shape index (κ3) is 1.90. The average molecular weight is 294 g/mol. The highest BCUT2D eigenvalue weighted by molar-refractivity contribution is 5.83. The van der Waals surface area contributed by atoms with E-state index in [1.807, 2.05) is 0 Å². The van der Waals surface area contributed by atoms with Crippen LogP contribution in [0.5, 0.6) is 17.2 Å². The van der Waals surface area contributed by atoms with Crippen LogP contribution in [0.1, 0.15) is 5.56 Å². The molecular weight excluding hydrogens is 285 g/mol. The number of phenolic OH excluding ortho intramolecular Hbond substituents is 1. The monoisotopic (exact) mass is 294 g/mol. The number of methoxy groups -OCH3 is 1. The van der Waals surface area contributed by atoms with Crippen LogP contribution >= 0.6 is 0 Å². The molecule has 1 heterocycles. The van der Waals surface area contributed by atoms with Crippen LogP contribution < -0.4 is 9.47 Å². The second-order valence-electron chi connectivity index (χ2n) is 3.92. The maximum absolute atomic E-state index is 13.0. The second-order valence-corrected chi connectivity index (χ2v) is 3.92. The number of rotatable bonds is 2. The number of phenols is 1. The molecule has 110 valence electrons. The summed E-state index contributed by atoms with van der Waals surface area (Å²) in [6.45, 7) is -0.249. The van der Waals surface area contributed by atoms with Crippen molar-refractivity contribution in [2.45, 2.75) is 11.8 Å². The Balaban J connectivity index is 2.64. The first kappa shape index (κ1) is 14.3. The minimum absolute atomic E-state index is 0.000593. The number of benzene rings is 1. The Kier molecular flexibility index (Phi) is 3.17. The highest BCUT2D eigenvalue weighted by Gasteiger charge is 2.63. The Morgan fingerprint density at radius 1 is 1.30 bits per heavy atom. The summed E-state index contributed by atoms with van der Waals surface area (Å²) in [5.74, 6) is -3.08. The summed E-state index contributed by atoms with van der Waals surface area (Å²) in [7, 11) is 0.684. The summed E-state index contributed by atoms with van der Waals surface area (Å²) < 4.78 is 52.8. The molecule has 2 rings (SSSR count). The van der Waals surface area contributed by atoms with E-state index in [4.69, 9.17) is 9.47 Å². The first-order chi connectivity index (χ1) is 9.21. The number of alkyl halides is 3. The number of esters is 1. The van der Waals surface area contributed by atoms with Crippen LogP contribution in [0, 0.1) is 0 Å². The van der Waals surface area contributed by atoms with Crippen molar-refractivity contribution in [1.29, 1.82) is 0 Å². The normalized spacial score (nSPS) is 16.6. The standard InChI is InChI=1S/C11H9F3O6/c1-18-9(16)10(17,11(12,13)14)5-2-7-8(3-6(5)15)20-4-19-7/h2-3,15,17H,4H2,1H3/t10-/m1/s1. The van der Waals surface area contributed by atoms with Crippen LogP contribution in [0.25, 0.3) is 0 Å². The van der Waals surface area contributed by atoms with Gasteiger partial charge in [-0.1, -0.05) is 0 Å². The minimum Gasteiger partial charge on any atom is -0.507 e. The predicted molar refractivity (Wildman–Crippen MR) is 56.2 cm³/mol. The average Bonchev–Trinajstić information content (AvgIpc) is 2.81. The summed E-state index contributed by atoms with van der Waals surface area (Å²) >= 11 is 0. The Bertz CT molecular complexity index is 556. The molecule has 0 radical (unpaired) electrons. The molecule has 9 heteroatoms. The lowest BCUT2D eigenvalue weighted by atomic mass is 9.91. The number of carbonyl (C=O) groups excluding carboxylic acids is 1. The van der Waals surface area contributed by atoms with Crippen LogP contribution in [-0.2, 0) is 15.1 Å². The Morgan fingerprint density at radius 2 is 1.85 bits per heavy atom. The van der Waals surface area contributed by atoms with Crippen LogP contribution in [0.15, 0.2) is 12.1 Å². The minimum atomic E-state index is -5.40. The van der Waals surface area contributed by atoms with E-state index in [1.54, 1.807) is 0 Å². The molecule has 0 aromatic heterocycles. The molecule has 2 N–H and O–H groups in total. The molecule has 0 saturated carbocycles. The van der Waals surface area contributed by atoms with E-state index in [1.165, 1.54) is 0 Å². The number of aliphatic hydroxyl groups is 1. The number of halogens is 3. The topological polar surface area (TPSA) is 85.2 Å². The van der Waals surface area contributed by atoms with Gasteiger partial charge in [-0.25, -0.2) is 4.79 Å². The summed E-state index contributed by atoms with van der Waals surface area (Å²) in [6, 6.07) is 1.50. The maximum atomic E-state index is 13.0. The fourth-order valence-electron chi connectivity index (χ4n) is 1.75. The summed E-state index contributed by atoms with van der Waals surface area (Å²) in [6.07, 6.45) is -5.40. The van der Waals surface area contributed by atoms with E-state index in [9.17, 15) is 28.2 Å². The van der Waals surface area contributed by atoms with Gasteiger partial charge in [0.25, 0.3) is 5.60 Å². The molecule has 1 aliphatic heterocycles. The lowest BCUT2D eigenvalue weighted by Crippen LogP contribution is -2.49. The van der Waals surface area contributed by atoms with Crippen molar-refractivity contribution in [3.63, 3.8) is 0 Å². The Labute approximate surface area is 110 Å².